The maximum atomic E-state index is 13.1. The summed E-state index contributed by atoms with van der Waals surface area (Å²) in [5.74, 6) is 0.0544. The molecule has 0 heterocycles. The van der Waals surface area contributed by atoms with Gasteiger partial charge in [-0.25, -0.2) is 12.8 Å². The number of ether oxygens (including phenoxy) is 1. The fourth-order valence-electron chi connectivity index (χ4n) is 2.67. The quantitative estimate of drug-likeness (QED) is 0.837. The van der Waals surface area contributed by atoms with E-state index < -0.39 is 15.8 Å². The lowest BCUT2D eigenvalue weighted by molar-refractivity contribution is 0.210. The molecule has 3 rings (SSSR count). The van der Waals surface area contributed by atoms with Crippen LogP contribution >= 0.6 is 11.6 Å². The number of anilines is 1. The Balaban J connectivity index is 1.72. The zero-order valence-corrected chi connectivity index (χ0v) is 14.4. The highest BCUT2D eigenvalue weighted by Crippen LogP contribution is 2.26. The van der Waals surface area contributed by atoms with E-state index in [1.54, 1.807) is 12.1 Å². The average Bonchev–Trinajstić information content (AvgIpc) is 3.04. The van der Waals surface area contributed by atoms with Crippen LogP contribution in [0.3, 0.4) is 0 Å². The van der Waals surface area contributed by atoms with Gasteiger partial charge in [-0.2, -0.15) is 0 Å². The van der Waals surface area contributed by atoms with Gasteiger partial charge >= 0.3 is 0 Å². The van der Waals surface area contributed by atoms with Crippen LogP contribution in [0.15, 0.2) is 47.4 Å². The van der Waals surface area contributed by atoms with E-state index in [9.17, 15) is 12.8 Å². The van der Waals surface area contributed by atoms with Crippen LogP contribution in [-0.4, -0.2) is 14.5 Å². The summed E-state index contributed by atoms with van der Waals surface area (Å²) in [6, 6.07) is 9.91. The van der Waals surface area contributed by atoms with E-state index in [0.717, 1.165) is 18.9 Å². The molecule has 4 nitrogen and oxygen atoms in total. The van der Waals surface area contributed by atoms with Crippen LogP contribution in [0, 0.1) is 5.82 Å². The largest absolute Gasteiger partial charge is 0.490 e. The molecule has 2 aromatic rings. The number of hydrogen-bond acceptors (Lipinski definition) is 3. The van der Waals surface area contributed by atoms with Gasteiger partial charge in [-0.15, -0.1) is 0 Å². The molecule has 1 aliphatic carbocycles. The fraction of sp³-hybridized carbons (Fsp3) is 0.294. The highest BCUT2D eigenvalue weighted by atomic mass is 35.5. The molecule has 1 aliphatic rings. The van der Waals surface area contributed by atoms with Crippen molar-refractivity contribution in [1.29, 1.82) is 0 Å². The molecule has 0 atom stereocenters. The predicted octanol–water partition coefficient (Wildman–Crippen LogP) is 4.60. The summed E-state index contributed by atoms with van der Waals surface area (Å²) in [4.78, 5) is 0.0988. The minimum Gasteiger partial charge on any atom is -0.490 e. The van der Waals surface area contributed by atoms with E-state index in [0.29, 0.717) is 5.75 Å². The van der Waals surface area contributed by atoms with E-state index in [-0.39, 0.29) is 21.7 Å². The van der Waals surface area contributed by atoms with Gasteiger partial charge < -0.3 is 4.74 Å². The van der Waals surface area contributed by atoms with E-state index in [2.05, 4.69) is 4.72 Å². The van der Waals surface area contributed by atoms with Crippen LogP contribution in [0.1, 0.15) is 25.7 Å². The first kappa shape index (κ1) is 17.0. The summed E-state index contributed by atoms with van der Waals surface area (Å²) in [5.41, 5.74) is 0.202. The zero-order valence-electron chi connectivity index (χ0n) is 12.8. The van der Waals surface area contributed by atoms with Crippen molar-refractivity contribution in [3.8, 4) is 5.75 Å². The van der Waals surface area contributed by atoms with Gasteiger partial charge in [0.25, 0.3) is 10.0 Å². The topological polar surface area (TPSA) is 55.4 Å². The Labute approximate surface area is 145 Å². The Morgan fingerprint density at radius 2 is 1.75 bits per heavy atom. The van der Waals surface area contributed by atoms with Crippen molar-refractivity contribution < 1.29 is 17.5 Å². The summed E-state index contributed by atoms with van der Waals surface area (Å²) in [7, 11) is -3.77. The summed E-state index contributed by atoms with van der Waals surface area (Å²) < 4.78 is 46.1. The summed E-state index contributed by atoms with van der Waals surface area (Å²) in [6.07, 6.45) is 4.62. The fourth-order valence-corrected chi connectivity index (χ4v) is 3.90. The second-order valence-electron chi connectivity index (χ2n) is 5.73. The maximum absolute atomic E-state index is 13.1. The lowest BCUT2D eigenvalue weighted by atomic mass is 10.3. The molecule has 7 heteroatoms. The van der Waals surface area contributed by atoms with Crippen LogP contribution in [-0.2, 0) is 10.0 Å². The molecular weight excluding hydrogens is 353 g/mol. The van der Waals surface area contributed by atoms with E-state index in [4.69, 9.17) is 16.3 Å². The van der Waals surface area contributed by atoms with E-state index >= 15 is 0 Å². The van der Waals surface area contributed by atoms with Crippen molar-refractivity contribution >= 4 is 27.3 Å². The third-order valence-corrected chi connectivity index (χ3v) is 5.60. The Bertz CT molecular complexity index is 818. The summed E-state index contributed by atoms with van der Waals surface area (Å²) in [5, 5.41) is -0.143. The van der Waals surface area contributed by atoms with Gasteiger partial charge in [0.1, 0.15) is 11.6 Å². The average molecular weight is 370 g/mol. The van der Waals surface area contributed by atoms with Gasteiger partial charge in [0.2, 0.25) is 0 Å². The highest BCUT2D eigenvalue weighted by molar-refractivity contribution is 7.92. The first-order valence-corrected chi connectivity index (χ1v) is 9.55. The van der Waals surface area contributed by atoms with E-state index in [1.165, 1.54) is 37.1 Å². The number of rotatable bonds is 5. The van der Waals surface area contributed by atoms with Gasteiger partial charge in [0.05, 0.1) is 21.7 Å². The monoisotopic (exact) mass is 369 g/mol. The molecule has 1 N–H and O–H groups in total. The van der Waals surface area contributed by atoms with Gasteiger partial charge in [-0.1, -0.05) is 11.6 Å². The van der Waals surface area contributed by atoms with Gasteiger partial charge in [-0.3, -0.25) is 4.72 Å². The molecule has 0 aromatic heterocycles. The number of hydrogen-bond donors (Lipinski definition) is 1. The van der Waals surface area contributed by atoms with Crippen molar-refractivity contribution in [3.63, 3.8) is 0 Å². The molecule has 0 bridgehead atoms. The maximum Gasteiger partial charge on any atom is 0.261 e. The van der Waals surface area contributed by atoms with Crippen LogP contribution in [0.4, 0.5) is 10.1 Å². The van der Waals surface area contributed by atoms with Crippen LogP contribution in [0.5, 0.6) is 5.75 Å². The Kier molecular flexibility index (Phi) is 4.96. The molecule has 0 unspecified atom stereocenters. The van der Waals surface area contributed by atoms with Crippen molar-refractivity contribution in [2.45, 2.75) is 36.7 Å². The lowest BCUT2D eigenvalue weighted by Gasteiger charge is -2.13. The minimum absolute atomic E-state index is 0.0988. The van der Waals surface area contributed by atoms with Crippen molar-refractivity contribution in [2.24, 2.45) is 0 Å². The zero-order chi connectivity index (χ0) is 17.2. The number of halogens is 2. The van der Waals surface area contributed by atoms with Crippen LogP contribution in [0.2, 0.25) is 5.02 Å². The summed E-state index contributed by atoms with van der Waals surface area (Å²) in [6.45, 7) is 0. The number of sulfonamides is 1. The third-order valence-electron chi connectivity index (χ3n) is 3.91. The number of nitrogens with one attached hydrogen (secondary N) is 1. The molecule has 0 aliphatic heterocycles. The van der Waals surface area contributed by atoms with Gasteiger partial charge in [0.15, 0.2) is 0 Å². The Morgan fingerprint density at radius 1 is 1.08 bits per heavy atom. The second kappa shape index (κ2) is 6.99. The molecule has 24 heavy (non-hydrogen) atoms. The SMILES string of the molecule is O=S(=O)(Nc1ccc(F)c(Cl)c1)c1ccc(OC2CCCC2)cc1. The van der Waals surface area contributed by atoms with Crippen molar-refractivity contribution in [3.05, 3.63) is 53.3 Å². The molecular formula is C17H17ClFNO3S. The molecule has 0 saturated heterocycles. The van der Waals surface area contributed by atoms with Gasteiger partial charge in [-0.05, 0) is 68.1 Å². The Morgan fingerprint density at radius 3 is 2.38 bits per heavy atom. The molecule has 2 aromatic carbocycles. The smallest absolute Gasteiger partial charge is 0.261 e. The molecule has 128 valence electrons. The van der Waals surface area contributed by atoms with Gasteiger partial charge in [0, 0.05) is 0 Å². The lowest BCUT2D eigenvalue weighted by Crippen LogP contribution is -2.13. The summed E-state index contributed by atoms with van der Waals surface area (Å²) >= 11 is 5.66. The first-order valence-electron chi connectivity index (χ1n) is 7.69. The Hall–Kier alpha value is -1.79. The molecule has 1 saturated carbocycles. The third kappa shape index (κ3) is 3.99. The van der Waals surface area contributed by atoms with Crippen LogP contribution < -0.4 is 9.46 Å². The molecule has 0 radical (unpaired) electrons. The minimum atomic E-state index is -3.77. The number of benzene rings is 2. The second-order valence-corrected chi connectivity index (χ2v) is 7.82. The predicted molar refractivity (Wildman–Crippen MR) is 91.5 cm³/mol. The van der Waals surface area contributed by atoms with Crippen molar-refractivity contribution in [1.82, 2.24) is 0 Å². The standard InChI is InChI=1S/C17H17ClFNO3S/c18-16-11-12(5-10-17(16)19)20-24(21,22)15-8-6-14(7-9-15)23-13-3-1-2-4-13/h5-11,13,20H,1-4H2. The molecule has 0 spiro atoms. The van der Waals surface area contributed by atoms with Crippen LogP contribution in [0.25, 0.3) is 0 Å². The molecule has 1 fully saturated rings. The highest BCUT2D eigenvalue weighted by Gasteiger charge is 2.18. The van der Waals surface area contributed by atoms with Crippen molar-refractivity contribution in [2.75, 3.05) is 4.72 Å². The van der Waals surface area contributed by atoms with E-state index in [1.807, 2.05) is 0 Å². The normalized spacial score (nSPS) is 15.4. The first-order chi connectivity index (χ1) is 11.4. The molecule has 0 amide bonds.